The van der Waals surface area contributed by atoms with Gasteiger partial charge < -0.3 is 15.3 Å². The lowest BCUT2D eigenvalue weighted by Crippen LogP contribution is -2.58. The van der Waals surface area contributed by atoms with Crippen LogP contribution in [0.25, 0.3) is 0 Å². The molecule has 0 fully saturated rings. The lowest BCUT2D eigenvalue weighted by Gasteiger charge is -2.39. The quantitative estimate of drug-likeness (QED) is 0.598. The van der Waals surface area contributed by atoms with Crippen molar-refractivity contribution < 1.29 is 37.7 Å². The molecule has 0 bridgehead atoms. The predicted molar refractivity (Wildman–Crippen MR) is 75.6 cm³/mol. The molecule has 1 aliphatic rings. The number of anilines is 1. The van der Waals surface area contributed by atoms with Gasteiger partial charge in [-0.2, -0.15) is 13.2 Å². The van der Waals surface area contributed by atoms with Gasteiger partial charge in [-0.05, 0) is 19.1 Å². The molecule has 0 aromatic heterocycles. The number of hydrogen-bond acceptors (Lipinski definition) is 5. The van der Waals surface area contributed by atoms with E-state index in [0.29, 0.717) is 11.0 Å². The summed E-state index contributed by atoms with van der Waals surface area (Å²) >= 11 is 5.59. The fourth-order valence-electron chi connectivity index (χ4n) is 2.29. The third-order valence-electron chi connectivity index (χ3n) is 3.38. The summed E-state index contributed by atoms with van der Waals surface area (Å²) < 4.78 is 52.5. The average Bonchev–Trinajstić information content (AvgIpc) is 2.43. The minimum atomic E-state index is -4.90. The SMILES string of the molecule is CC1NC(C(F)(F)F)C(O)=C(O)N1c1cc(C(=O)O)c(Cl)cc1F. The van der Waals surface area contributed by atoms with E-state index in [-0.39, 0.29) is 0 Å². The van der Waals surface area contributed by atoms with E-state index >= 15 is 0 Å². The largest absolute Gasteiger partial charge is 0.505 e. The van der Waals surface area contributed by atoms with Crippen molar-refractivity contribution in [1.29, 1.82) is 0 Å². The van der Waals surface area contributed by atoms with Crippen molar-refractivity contribution in [2.45, 2.75) is 25.3 Å². The maximum atomic E-state index is 14.1. The molecule has 2 rings (SSSR count). The van der Waals surface area contributed by atoms with Crippen molar-refractivity contribution in [2.75, 3.05) is 4.90 Å². The minimum absolute atomic E-state index is 0.428. The second kappa shape index (κ2) is 6.02. The molecule has 1 aromatic rings. The molecule has 4 N–H and O–H groups in total. The van der Waals surface area contributed by atoms with Gasteiger partial charge in [0.05, 0.1) is 22.4 Å². The van der Waals surface area contributed by atoms with Gasteiger partial charge in [0.2, 0.25) is 5.88 Å². The number of nitrogens with one attached hydrogen (secondary N) is 1. The first-order chi connectivity index (χ1) is 10.9. The Labute approximate surface area is 137 Å². The van der Waals surface area contributed by atoms with Gasteiger partial charge >= 0.3 is 12.1 Å². The maximum Gasteiger partial charge on any atom is 0.411 e. The molecule has 11 heteroatoms. The summed E-state index contributed by atoms with van der Waals surface area (Å²) in [4.78, 5) is 11.7. The van der Waals surface area contributed by atoms with Crippen LogP contribution in [0.5, 0.6) is 0 Å². The number of carboxylic acids is 1. The molecule has 24 heavy (non-hydrogen) atoms. The van der Waals surface area contributed by atoms with Gasteiger partial charge in [0, 0.05) is 0 Å². The van der Waals surface area contributed by atoms with Crippen molar-refractivity contribution in [1.82, 2.24) is 5.32 Å². The summed E-state index contributed by atoms with van der Waals surface area (Å²) in [7, 11) is 0. The number of aromatic carboxylic acids is 1. The molecule has 2 unspecified atom stereocenters. The van der Waals surface area contributed by atoms with Crippen molar-refractivity contribution in [3.05, 3.63) is 40.2 Å². The molecule has 0 saturated heterocycles. The summed E-state index contributed by atoms with van der Waals surface area (Å²) in [6.45, 7) is 1.16. The smallest absolute Gasteiger partial charge is 0.411 e. The number of benzene rings is 1. The molecule has 2 atom stereocenters. The Bertz CT molecular complexity index is 723. The van der Waals surface area contributed by atoms with Gasteiger partial charge in [-0.15, -0.1) is 0 Å². The number of alkyl halides is 3. The van der Waals surface area contributed by atoms with E-state index in [1.165, 1.54) is 0 Å². The highest BCUT2D eigenvalue weighted by molar-refractivity contribution is 6.33. The van der Waals surface area contributed by atoms with Crippen molar-refractivity contribution in [3.8, 4) is 0 Å². The first-order valence-corrected chi connectivity index (χ1v) is 6.79. The van der Waals surface area contributed by atoms with Crippen LogP contribution >= 0.6 is 11.6 Å². The molecular formula is C13H11ClF4N2O4. The van der Waals surface area contributed by atoms with E-state index < -0.39 is 58.1 Å². The standard InChI is InChI=1S/C13H11ClF4N2O4/c1-4-19-10(13(16,17)18)9(21)11(22)20(4)8-2-5(12(23)24)6(14)3-7(8)15/h2-4,10,19,21-22H,1H3,(H,23,24). The van der Waals surface area contributed by atoms with Gasteiger partial charge in [-0.1, -0.05) is 11.6 Å². The van der Waals surface area contributed by atoms with Crippen LogP contribution in [0.2, 0.25) is 5.02 Å². The van der Waals surface area contributed by atoms with Crippen LogP contribution in [-0.4, -0.2) is 39.7 Å². The zero-order valence-corrected chi connectivity index (χ0v) is 12.7. The summed E-state index contributed by atoms with van der Waals surface area (Å²) in [5.41, 5.74) is -1.09. The summed E-state index contributed by atoms with van der Waals surface area (Å²) in [6, 6.07) is -1.15. The van der Waals surface area contributed by atoms with Crippen LogP contribution in [0.1, 0.15) is 17.3 Å². The number of aliphatic hydroxyl groups excluding tert-OH is 2. The monoisotopic (exact) mass is 370 g/mol. The van der Waals surface area contributed by atoms with Crippen LogP contribution in [0.3, 0.4) is 0 Å². The van der Waals surface area contributed by atoms with E-state index in [4.69, 9.17) is 16.7 Å². The molecule has 0 saturated carbocycles. The lowest BCUT2D eigenvalue weighted by atomic mass is 10.1. The van der Waals surface area contributed by atoms with Crippen LogP contribution in [-0.2, 0) is 0 Å². The van der Waals surface area contributed by atoms with Crippen LogP contribution in [0, 0.1) is 5.82 Å². The molecule has 1 aromatic carbocycles. The van der Waals surface area contributed by atoms with Crippen molar-refractivity contribution in [2.24, 2.45) is 0 Å². The number of carbonyl (C=O) groups is 1. The molecule has 132 valence electrons. The molecule has 1 heterocycles. The summed E-state index contributed by atoms with van der Waals surface area (Å²) in [6.07, 6.45) is -6.21. The highest BCUT2D eigenvalue weighted by Crippen LogP contribution is 2.35. The maximum absolute atomic E-state index is 14.1. The first-order valence-electron chi connectivity index (χ1n) is 6.41. The number of aliphatic hydroxyl groups is 2. The van der Waals surface area contributed by atoms with Gasteiger partial charge in [0.15, 0.2) is 11.8 Å². The zero-order chi connectivity index (χ0) is 18.4. The topological polar surface area (TPSA) is 93.0 Å². The molecular weight excluding hydrogens is 360 g/mol. The zero-order valence-electron chi connectivity index (χ0n) is 11.9. The van der Waals surface area contributed by atoms with E-state index in [1.54, 1.807) is 0 Å². The van der Waals surface area contributed by atoms with E-state index in [2.05, 4.69) is 0 Å². The highest BCUT2D eigenvalue weighted by Gasteiger charge is 2.49. The fourth-order valence-corrected chi connectivity index (χ4v) is 2.52. The molecule has 6 nitrogen and oxygen atoms in total. The first kappa shape index (κ1) is 18.1. The van der Waals surface area contributed by atoms with E-state index in [0.717, 1.165) is 13.0 Å². The third kappa shape index (κ3) is 3.06. The predicted octanol–water partition coefficient (Wildman–Crippen LogP) is 3.15. The Kier molecular flexibility index (Phi) is 4.55. The van der Waals surface area contributed by atoms with Gasteiger partial charge in [-0.3, -0.25) is 10.2 Å². The molecule has 0 spiro atoms. The number of carboxylic acid groups (broad SMARTS) is 1. The number of nitrogens with zero attached hydrogens (tertiary/aromatic N) is 1. The number of hydrogen-bond donors (Lipinski definition) is 4. The van der Waals surface area contributed by atoms with Gasteiger partial charge in [-0.25, -0.2) is 9.18 Å². The van der Waals surface area contributed by atoms with E-state index in [1.807, 2.05) is 5.32 Å². The molecule has 0 radical (unpaired) electrons. The van der Waals surface area contributed by atoms with Crippen LogP contribution in [0.4, 0.5) is 23.2 Å². The molecule has 0 aliphatic carbocycles. The second-order valence-electron chi connectivity index (χ2n) is 4.98. The summed E-state index contributed by atoms with van der Waals surface area (Å²) in [5.74, 6) is -5.31. The molecule has 1 aliphatic heterocycles. The minimum Gasteiger partial charge on any atom is -0.505 e. The fraction of sp³-hybridized carbons (Fsp3) is 0.308. The van der Waals surface area contributed by atoms with Crippen molar-refractivity contribution >= 4 is 23.3 Å². The lowest BCUT2D eigenvalue weighted by molar-refractivity contribution is -0.157. The number of halogens is 5. The summed E-state index contributed by atoms with van der Waals surface area (Å²) in [5, 5.41) is 30.0. The average molecular weight is 371 g/mol. The normalized spacial score (nSPS) is 22.0. The molecule has 0 amide bonds. The highest BCUT2D eigenvalue weighted by atomic mass is 35.5. The Morgan fingerprint density at radius 1 is 1.33 bits per heavy atom. The Morgan fingerprint density at radius 2 is 1.92 bits per heavy atom. The third-order valence-corrected chi connectivity index (χ3v) is 3.69. The van der Waals surface area contributed by atoms with Crippen LogP contribution < -0.4 is 10.2 Å². The Hall–Kier alpha value is -2.20. The van der Waals surface area contributed by atoms with E-state index in [9.17, 15) is 32.6 Å². The van der Waals surface area contributed by atoms with Gasteiger partial charge in [0.25, 0.3) is 0 Å². The van der Waals surface area contributed by atoms with Crippen LogP contribution in [0.15, 0.2) is 23.8 Å². The second-order valence-corrected chi connectivity index (χ2v) is 5.39. The van der Waals surface area contributed by atoms with Gasteiger partial charge in [0.1, 0.15) is 5.82 Å². The number of rotatable bonds is 2. The Balaban J connectivity index is 2.59. The Morgan fingerprint density at radius 3 is 2.42 bits per heavy atom. The van der Waals surface area contributed by atoms with Crippen molar-refractivity contribution in [3.63, 3.8) is 0 Å².